The van der Waals surface area contributed by atoms with Crippen molar-refractivity contribution in [3.63, 3.8) is 0 Å². The van der Waals surface area contributed by atoms with E-state index in [-0.39, 0.29) is 30.2 Å². The number of carbonyl (C=O) groups is 3. The van der Waals surface area contributed by atoms with Crippen molar-refractivity contribution < 1.29 is 29.0 Å². The predicted molar refractivity (Wildman–Crippen MR) is 125 cm³/mol. The van der Waals surface area contributed by atoms with Gasteiger partial charge in [0.15, 0.2) is 0 Å². The van der Waals surface area contributed by atoms with Crippen LogP contribution < -0.4 is 15.4 Å². The average molecular weight is 474 g/mol. The Morgan fingerprint density at radius 2 is 1.97 bits per heavy atom. The Balaban J connectivity index is 1.70. The monoisotopic (exact) mass is 473 g/mol. The summed E-state index contributed by atoms with van der Waals surface area (Å²) in [5.41, 5.74) is -0.526. The number of likely N-dealkylation sites (tertiary alicyclic amines) is 1. The molecule has 9 nitrogen and oxygen atoms in total. The van der Waals surface area contributed by atoms with Gasteiger partial charge in [-0.25, -0.2) is 0 Å². The molecule has 1 aromatic rings. The maximum atomic E-state index is 13.9. The van der Waals surface area contributed by atoms with Crippen LogP contribution in [-0.2, 0) is 19.1 Å². The molecule has 2 bridgehead atoms. The summed E-state index contributed by atoms with van der Waals surface area (Å²) in [6, 6.07) is 5.43. The number of fused-ring (bicyclic) bond motifs is 1. The van der Waals surface area contributed by atoms with E-state index in [9.17, 15) is 19.5 Å². The predicted octanol–water partition coefficient (Wildman–Crippen LogP) is 1.55. The van der Waals surface area contributed by atoms with E-state index < -0.39 is 35.6 Å². The fourth-order valence-corrected chi connectivity index (χ4v) is 5.92. The molecule has 4 rings (SSSR count). The van der Waals surface area contributed by atoms with Gasteiger partial charge < -0.3 is 30.1 Å². The van der Waals surface area contributed by atoms with Crippen molar-refractivity contribution in [1.29, 1.82) is 0 Å². The Kier molecular flexibility index (Phi) is 6.87. The molecule has 0 aliphatic carbocycles. The zero-order valence-electron chi connectivity index (χ0n) is 20.2. The smallest absolute Gasteiger partial charge is 0.250 e. The van der Waals surface area contributed by atoms with Crippen molar-refractivity contribution in [2.24, 2.45) is 17.8 Å². The van der Waals surface area contributed by atoms with E-state index in [1.807, 2.05) is 20.8 Å². The molecule has 3 saturated heterocycles. The first-order valence-electron chi connectivity index (χ1n) is 12.1. The van der Waals surface area contributed by atoms with Gasteiger partial charge in [0.1, 0.15) is 17.4 Å². The second-order valence-corrected chi connectivity index (χ2v) is 9.80. The Morgan fingerprint density at radius 3 is 2.56 bits per heavy atom. The molecular weight excluding hydrogens is 438 g/mol. The lowest BCUT2D eigenvalue weighted by molar-refractivity contribution is -0.145. The Bertz CT molecular complexity index is 935. The second kappa shape index (κ2) is 9.54. The SMILES string of the molecule is CCCNC(=O)[C@@H]1[C@@H]2CCC3(O2)C(C(=O)Nc2ccc(OC)cc2)N([C@@H](CO)C(C)C)C(=O)[C@H]13. The Morgan fingerprint density at radius 1 is 1.26 bits per heavy atom. The molecule has 6 atom stereocenters. The van der Waals surface area contributed by atoms with Gasteiger partial charge in [-0.3, -0.25) is 14.4 Å². The van der Waals surface area contributed by atoms with Crippen molar-refractivity contribution in [1.82, 2.24) is 10.2 Å². The number of aliphatic hydroxyl groups is 1. The Hall–Kier alpha value is -2.65. The van der Waals surface area contributed by atoms with Gasteiger partial charge in [0.05, 0.1) is 37.7 Å². The maximum Gasteiger partial charge on any atom is 0.250 e. The zero-order valence-corrected chi connectivity index (χ0v) is 20.2. The van der Waals surface area contributed by atoms with Crippen molar-refractivity contribution in [3.8, 4) is 5.75 Å². The van der Waals surface area contributed by atoms with Crippen LogP contribution in [0.3, 0.4) is 0 Å². The fraction of sp³-hybridized carbons (Fsp3) is 0.640. The van der Waals surface area contributed by atoms with Gasteiger partial charge in [-0.1, -0.05) is 20.8 Å². The number of aliphatic hydroxyl groups excluding tert-OH is 1. The highest BCUT2D eigenvalue weighted by Gasteiger charge is 2.75. The number of methoxy groups -OCH3 is 1. The molecule has 34 heavy (non-hydrogen) atoms. The number of hydrogen-bond acceptors (Lipinski definition) is 6. The van der Waals surface area contributed by atoms with Crippen molar-refractivity contribution in [3.05, 3.63) is 24.3 Å². The van der Waals surface area contributed by atoms with E-state index in [0.29, 0.717) is 30.8 Å². The van der Waals surface area contributed by atoms with Gasteiger partial charge >= 0.3 is 0 Å². The summed E-state index contributed by atoms with van der Waals surface area (Å²) in [5, 5.41) is 16.0. The van der Waals surface area contributed by atoms with Crippen LogP contribution in [0.2, 0.25) is 0 Å². The van der Waals surface area contributed by atoms with Crippen molar-refractivity contribution in [2.45, 2.75) is 63.8 Å². The normalized spacial score (nSPS) is 30.4. The average Bonchev–Trinajstić information content (AvgIpc) is 3.46. The summed E-state index contributed by atoms with van der Waals surface area (Å²) in [6.45, 7) is 6.01. The largest absolute Gasteiger partial charge is 0.497 e. The first kappa shape index (κ1) is 24.5. The van der Waals surface area contributed by atoms with E-state index in [1.54, 1.807) is 31.4 Å². The highest BCUT2D eigenvalue weighted by molar-refractivity contribution is 6.03. The summed E-state index contributed by atoms with van der Waals surface area (Å²) < 4.78 is 11.6. The number of nitrogens with zero attached hydrogens (tertiary/aromatic N) is 1. The van der Waals surface area contributed by atoms with E-state index in [4.69, 9.17) is 9.47 Å². The van der Waals surface area contributed by atoms with E-state index in [1.165, 1.54) is 4.90 Å². The molecule has 3 aliphatic rings. The van der Waals surface area contributed by atoms with Crippen LogP contribution in [0.4, 0.5) is 5.69 Å². The van der Waals surface area contributed by atoms with E-state index in [0.717, 1.165) is 6.42 Å². The third-order valence-corrected chi connectivity index (χ3v) is 7.51. The van der Waals surface area contributed by atoms with Gasteiger partial charge in [-0.15, -0.1) is 0 Å². The molecule has 1 spiro atoms. The summed E-state index contributed by atoms with van der Waals surface area (Å²) in [7, 11) is 1.57. The molecule has 1 aromatic carbocycles. The van der Waals surface area contributed by atoms with Crippen LogP contribution in [0.1, 0.15) is 40.0 Å². The maximum absolute atomic E-state index is 13.9. The third-order valence-electron chi connectivity index (χ3n) is 7.51. The summed E-state index contributed by atoms with van der Waals surface area (Å²) in [5.74, 6) is -1.69. The van der Waals surface area contributed by atoms with Crippen LogP contribution in [0.15, 0.2) is 24.3 Å². The van der Waals surface area contributed by atoms with Crippen LogP contribution in [0.5, 0.6) is 5.75 Å². The number of rotatable bonds is 9. The summed E-state index contributed by atoms with van der Waals surface area (Å²) >= 11 is 0. The molecule has 0 aromatic heterocycles. The second-order valence-electron chi connectivity index (χ2n) is 9.80. The molecule has 3 aliphatic heterocycles. The molecule has 3 N–H and O–H groups in total. The number of amides is 3. The van der Waals surface area contributed by atoms with Crippen molar-refractivity contribution >= 4 is 23.4 Å². The van der Waals surface area contributed by atoms with Gasteiger partial charge in [0.25, 0.3) is 0 Å². The summed E-state index contributed by atoms with van der Waals surface area (Å²) in [6.07, 6.45) is 1.52. The van der Waals surface area contributed by atoms with Gasteiger partial charge in [0, 0.05) is 12.2 Å². The molecule has 3 heterocycles. The van der Waals surface area contributed by atoms with Gasteiger partial charge in [-0.2, -0.15) is 0 Å². The molecule has 0 saturated carbocycles. The first-order valence-corrected chi connectivity index (χ1v) is 12.1. The van der Waals surface area contributed by atoms with E-state index in [2.05, 4.69) is 10.6 Å². The molecule has 186 valence electrons. The Labute approximate surface area is 200 Å². The lowest BCUT2D eigenvalue weighted by Crippen LogP contribution is -2.57. The fourth-order valence-electron chi connectivity index (χ4n) is 5.92. The number of ether oxygens (including phenoxy) is 2. The molecule has 2 unspecified atom stereocenters. The van der Waals surface area contributed by atoms with Crippen molar-refractivity contribution in [2.75, 3.05) is 25.6 Å². The van der Waals surface area contributed by atoms with Crippen LogP contribution in [0, 0.1) is 17.8 Å². The number of anilines is 1. The lowest BCUT2D eigenvalue weighted by Gasteiger charge is -2.38. The third kappa shape index (κ3) is 3.84. The minimum Gasteiger partial charge on any atom is -0.497 e. The number of benzene rings is 1. The lowest BCUT2D eigenvalue weighted by atomic mass is 9.70. The minimum absolute atomic E-state index is 0.0926. The molecule has 0 radical (unpaired) electrons. The molecule has 3 fully saturated rings. The number of hydrogen-bond donors (Lipinski definition) is 3. The van der Waals surface area contributed by atoms with Crippen LogP contribution in [0.25, 0.3) is 0 Å². The standard InChI is InChI=1S/C25H35N3O6/c1-5-12-26-22(30)19-18-10-11-25(34-18)20(19)24(32)28(17(13-29)14(2)3)21(25)23(31)27-15-6-8-16(33-4)9-7-15/h6-9,14,17-21,29H,5,10-13H2,1-4H3,(H,26,30)(H,27,31)/t17-,18-,19+,20-,21?,25?/m0/s1. The van der Waals surface area contributed by atoms with Gasteiger partial charge in [-0.05, 0) is 49.4 Å². The molecular formula is C25H35N3O6. The zero-order chi connectivity index (χ0) is 24.6. The highest BCUT2D eigenvalue weighted by Crippen LogP contribution is 2.59. The molecule has 9 heteroatoms. The quantitative estimate of drug-likeness (QED) is 0.501. The van der Waals surface area contributed by atoms with Gasteiger partial charge in [0.2, 0.25) is 17.7 Å². The number of carbonyl (C=O) groups excluding carboxylic acids is 3. The van der Waals surface area contributed by atoms with Crippen LogP contribution >= 0.6 is 0 Å². The number of nitrogens with one attached hydrogen (secondary N) is 2. The summed E-state index contributed by atoms with van der Waals surface area (Å²) in [4.78, 5) is 42.2. The first-order chi connectivity index (χ1) is 16.3. The van der Waals surface area contributed by atoms with E-state index >= 15 is 0 Å². The topological polar surface area (TPSA) is 117 Å². The van der Waals surface area contributed by atoms with Crippen LogP contribution in [-0.4, -0.2) is 71.8 Å². The highest BCUT2D eigenvalue weighted by atomic mass is 16.5. The minimum atomic E-state index is -1.09. The molecule has 3 amide bonds.